The van der Waals surface area contributed by atoms with Crippen molar-refractivity contribution in [2.75, 3.05) is 0 Å². The fraction of sp³-hybridized carbons (Fsp3) is 0.148. The van der Waals surface area contributed by atoms with Crippen molar-refractivity contribution >= 4 is 12.0 Å². The lowest BCUT2D eigenvalue weighted by Gasteiger charge is -2.07. The van der Waals surface area contributed by atoms with Crippen LogP contribution in [0.5, 0.6) is 0 Å². The molecule has 0 unspecified atom stereocenters. The molecule has 33 heavy (non-hydrogen) atoms. The number of pyridine rings is 1. The smallest absolute Gasteiger partial charge is 0.250 e. The molecule has 6 heteroatoms. The molecule has 1 N–H and O–H groups in total. The van der Waals surface area contributed by atoms with Gasteiger partial charge in [0.2, 0.25) is 5.91 Å². The van der Waals surface area contributed by atoms with Gasteiger partial charge in [-0.25, -0.2) is 4.68 Å². The number of benzene rings is 2. The van der Waals surface area contributed by atoms with Gasteiger partial charge in [0.15, 0.2) is 0 Å². The molecule has 2 aromatic carbocycles. The molecule has 0 aliphatic heterocycles. The molecule has 0 bridgehead atoms. The fourth-order valence-electron chi connectivity index (χ4n) is 3.67. The van der Waals surface area contributed by atoms with Gasteiger partial charge in [-0.15, -0.1) is 0 Å². The van der Waals surface area contributed by atoms with Crippen LogP contribution >= 0.6 is 0 Å². The molecule has 0 saturated carbocycles. The highest BCUT2D eigenvalue weighted by atomic mass is 16.1. The minimum absolute atomic E-state index is 0.0274. The van der Waals surface area contributed by atoms with Crippen molar-refractivity contribution < 1.29 is 4.79 Å². The van der Waals surface area contributed by atoms with Crippen molar-refractivity contribution in [2.45, 2.75) is 26.9 Å². The minimum Gasteiger partial charge on any atom is -0.348 e. The first-order valence-electron chi connectivity index (χ1n) is 10.8. The molecular formula is C27H26N4O2. The molecule has 0 fully saturated rings. The third-order valence-corrected chi connectivity index (χ3v) is 5.49. The average molecular weight is 439 g/mol. The zero-order chi connectivity index (χ0) is 23.2. The maximum absolute atomic E-state index is 12.4. The van der Waals surface area contributed by atoms with Gasteiger partial charge in [-0.2, -0.15) is 5.10 Å². The fourth-order valence-corrected chi connectivity index (χ4v) is 3.67. The lowest BCUT2D eigenvalue weighted by molar-refractivity contribution is -0.116. The summed E-state index contributed by atoms with van der Waals surface area (Å²) in [6.45, 7) is 4.88. The van der Waals surface area contributed by atoms with Crippen molar-refractivity contribution in [1.29, 1.82) is 0 Å². The van der Waals surface area contributed by atoms with Gasteiger partial charge in [-0.1, -0.05) is 48.5 Å². The maximum Gasteiger partial charge on any atom is 0.250 e. The molecule has 6 nitrogen and oxygen atoms in total. The predicted octanol–water partition coefficient (Wildman–Crippen LogP) is 4.03. The van der Waals surface area contributed by atoms with Gasteiger partial charge >= 0.3 is 0 Å². The molecule has 2 aromatic heterocycles. The van der Waals surface area contributed by atoms with Crippen LogP contribution in [-0.4, -0.2) is 20.3 Å². The summed E-state index contributed by atoms with van der Waals surface area (Å²) < 4.78 is 3.55. The molecule has 0 spiro atoms. The summed E-state index contributed by atoms with van der Waals surface area (Å²) in [6.07, 6.45) is 5.13. The highest BCUT2D eigenvalue weighted by Crippen LogP contribution is 2.19. The van der Waals surface area contributed by atoms with Crippen molar-refractivity contribution in [3.8, 4) is 5.69 Å². The summed E-state index contributed by atoms with van der Waals surface area (Å²) in [7, 11) is 0. The number of rotatable bonds is 7. The first-order chi connectivity index (χ1) is 16.0. The number of nitrogens with one attached hydrogen (secondary N) is 1. The van der Waals surface area contributed by atoms with Gasteiger partial charge < -0.3 is 9.88 Å². The number of amides is 1. The number of para-hydroxylation sites is 1. The molecule has 0 atom stereocenters. The first-order valence-corrected chi connectivity index (χ1v) is 10.8. The number of aromatic nitrogens is 3. The Morgan fingerprint density at radius 2 is 1.64 bits per heavy atom. The van der Waals surface area contributed by atoms with Gasteiger partial charge in [-0.3, -0.25) is 9.59 Å². The Morgan fingerprint density at radius 3 is 2.36 bits per heavy atom. The predicted molar refractivity (Wildman–Crippen MR) is 130 cm³/mol. The minimum atomic E-state index is -0.166. The largest absolute Gasteiger partial charge is 0.348 e. The molecule has 166 valence electrons. The van der Waals surface area contributed by atoms with Crippen LogP contribution in [0.15, 0.2) is 89.9 Å². The molecule has 1 amide bonds. The number of carbonyl (C=O) groups is 1. The summed E-state index contributed by atoms with van der Waals surface area (Å²) in [5.41, 5.74) is 5.77. The Hall–Kier alpha value is -4.19. The van der Waals surface area contributed by atoms with Crippen LogP contribution in [0.2, 0.25) is 0 Å². The van der Waals surface area contributed by atoms with E-state index < -0.39 is 0 Å². The standard InChI is InChI=1S/C27H26N4O2/c1-20-25(21(2)31(29-20)24-8-4-3-5-9-24)15-16-26(32)28-18-22-11-13-23(14-12-22)19-30-17-7-6-10-27(30)33/h3-17H,18-19H2,1-2H3,(H,28,32)/b16-15+. The molecule has 4 aromatic rings. The van der Waals surface area contributed by atoms with E-state index in [2.05, 4.69) is 10.4 Å². The van der Waals surface area contributed by atoms with Gasteiger partial charge in [0.25, 0.3) is 5.56 Å². The van der Waals surface area contributed by atoms with Gasteiger partial charge in [0.1, 0.15) is 0 Å². The summed E-state index contributed by atoms with van der Waals surface area (Å²) in [5, 5.41) is 7.52. The van der Waals surface area contributed by atoms with Gasteiger partial charge in [-0.05, 0) is 49.2 Å². The van der Waals surface area contributed by atoms with Crippen LogP contribution in [0, 0.1) is 13.8 Å². The van der Waals surface area contributed by atoms with Crippen LogP contribution in [0.25, 0.3) is 11.8 Å². The second kappa shape index (κ2) is 9.96. The number of hydrogen-bond donors (Lipinski definition) is 1. The highest BCUT2D eigenvalue weighted by Gasteiger charge is 2.10. The van der Waals surface area contributed by atoms with Crippen LogP contribution in [-0.2, 0) is 17.9 Å². The Kier molecular flexibility index (Phi) is 6.64. The molecular weight excluding hydrogens is 412 g/mol. The molecule has 0 aliphatic rings. The highest BCUT2D eigenvalue weighted by molar-refractivity contribution is 5.92. The van der Waals surface area contributed by atoms with E-state index in [0.29, 0.717) is 13.1 Å². The Bertz CT molecular complexity index is 1330. The van der Waals surface area contributed by atoms with Gasteiger partial charge in [0, 0.05) is 36.1 Å². The van der Waals surface area contributed by atoms with Crippen molar-refractivity contribution in [3.05, 3.63) is 124 Å². The summed E-state index contributed by atoms with van der Waals surface area (Å²) in [4.78, 5) is 24.2. The van der Waals surface area contributed by atoms with E-state index in [1.165, 1.54) is 0 Å². The summed E-state index contributed by atoms with van der Waals surface area (Å²) in [5.74, 6) is -0.166. The van der Waals surface area contributed by atoms with Crippen LogP contribution < -0.4 is 10.9 Å². The second-order valence-corrected chi connectivity index (χ2v) is 7.87. The molecule has 0 saturated heterocycles. The van der Waals surface area contributed by atoms with E-state index in [-0.39, 0.29) is 11.5 Å². The van der Waals surface area contributed by atoms with E-state index >= 15 is 0 Å². The molecule has 4 rings (SSSR count). The zero-order valence-corrected chi connectivity index (χ0v) is 18.7. The number of carbonyl (C=O) groups excluding carboxylic acids is 1. The third-order valence-electron chi connectivity index (χ3n) is 5.49. The second-order valence-electron chi connectivity index (χ2n) is 7.87. The Labute approximate surface area is 192 Å². The lowest BCUT2D eigenvalue weighted by Crippen LogP contribution is -2.20. The lowest BCUT2D eigenvalue weighted by atomic mass is 10.1. The van der Waals surface area contributed by atoms with Gasteiger partial charge in [0.05, 0.1) is 17.9 Å². The van der Waals surface area contributed by atoms with E-state index in [1.54, 1.807) is 29.0 Å². The SMILES string of the molecule is Cc1nn(-c2ccccc2)c(C)c1/C=C/C(=O)NCc1ccc(Cn2ccccc2=O)cc1. The zero-order valence-electron chi connectivity index (χ0n) is 18.7. The van der Waals surface area contributed by atoms with Crippen LogP contribution in [0.4, 0.5) is 0 Å². The number of hydrogen-bond acceptors (Lipinski definition) is 3. The van der Waals surface area contributed by atoms with E-state index in [0.717, 1.165) is 33.8 Å². The van der Waals surface area contributed by atoms with Crippen molar-refractivity contribution in [3.63, 3.8) is 0 Å². The number of nitrogens with zero attached hydrogens (tertiary/aromatic N) is 3. The summed E-state index contributed by atoms with van der Waals surface area (Å²) in [6, 6.07) is 22.9. The van der Waals surface area contributed by atoms with Crippen molar-refractivity contribution in [1.82, 2.24) is 19.7 Å². The normalized spacial score (nSPS) is 11.1. The first kappa shape index (κ1) is 22.0. The van der Waals surface area contributed by atoms with E-state index in [1.807, 2.05) is 85.3 Å². The van der Waals surface area contributed by atoms with E-state index in [9.17, 15) is 9.59 Å². The topological polar surface area (TPSA) is 68.9 Å². The average Bonchev–Trinajstić information content (AvgIpc) is 3.12. The Morgan fingerprint density at radius 1 is 0.939 bits per heavy atom. The van der Waals surface area contributed by atoms with E-state index in [4.69, 9.17) is 0 Å². The quantitative estimate of drug-likeness (QED) is 0.443. The van der Waals surface area contributed by atoms with Crippen LogP contribution in [0.3, 0.4) is 0 Å². The maximum atomic E-state index is 12.4. The monoisotopic (exact) mass is 438 g/mol. The number of aryl methyl sites for hydroxylation is 1. The molecule has 2 heterocycles. The molecule has 0 radical (unpaired) electrons. The third kappa shape index (κ3) is 5.36. The van der Waals surface area contributed by atoms with Crippen LogP contribution in [0.1, 0.15) is 28.1 Å². The van der Waals surface area contributed by atoms with Crippen molar-refractivity contribution in [2.24, 2.45) is 0 Å². The summed E-state index contributed by atoms with van der Waals surface area (Å²) >= 11 is 0. The Balaban J connectivity index is 1.36. The molecule has 0 aliphatic carbocycles.